The second-order valence-electron chi connectivity index (χ2n) is 7.58. The molecule has 0 fully saturated rings. The third-order valence-electron chi connectivity index (χ3n) is 5.29. The van der Waals surface area contributed by atoms with Crippen LogP contribution in [0.3, 0.4) is 0 Å². The minimum Gasteiger partial charge on any atom is -0.492 e. The lowest BCUT2D eigenvalue weighted by Crippen LogP contribution is -2.28. The van der Waals surface area contributed by atoms with Crippen LogP contribution in [0.15, 0.2) is 54.6 Å². The van der Waals surface area contributed by atoms with Crippen molar-refractivity contribution in [2.45, 2.75) is 32.7 Å². The topological polar surface area (TPSA) is 79.5 Å². The Balaban J connectivity index is 1.46. The molecule has 166 valence electrons. The minimum atomic E-state index is -0.218. The zero-order chi connectivity index (χ0) is 22.3. The lowest BCUT2D eigenvalue weighted by Gasteiger charge is -2.13. The van der Waals surface area contributed by atoms with E-state index in [-0.39, 0.29) is 18.4 Å². The normalized spacial score (nSPS) is 12.3. The van der Waals surface area contributed by atoms with Crippen LogP contribution in [0.2, 0.25) is 0 Å². The van der Waals surface area contributed by atoms with E-state index in [4.69, 9.17) is 4.74 Å². The van der Waals surface area contributed by atoms with Crippen molar-refractivity contribution < 1.29 is 14.3 Å². The molecular weight excluding hydrogens is 422 g/mol. The summed E-state index contributed by atoms with van der Waals surface area (Å²) in [6, 6.07) is 17.3. The van der Waals surface area contributed by atoms with Gasteiger partial charge in [0.2, 0.25) is 5.91 Å². The molecule has 1 aliphatic carbocycles. The van der Waals surface area contributed by atoms with E-state index in [1.165, 1.54) is 16.2 Å². The molecule has 0 aliphatic heterocycles. The smallest absolute Gasteiger partial charge is 0.259 e. The summed E-state index contributed by atoms with van der Waals surface area (Å²) in [5.41, 5.74) is 3.36. The maximum absolute atomic E-state index is 13.3. The Morgan fingerprint density at radius 1 is 1.00 bits per heavy atom. The van der Waals surface area contributed by atoms with Crippen molar-refractivity contribution in [3.05, 3.63) is 76.2 Å². The van der Waals surface area contributed by atoms with Crippen molar-refractivity contribution in [3.8, 4) is 5.75 Å². The van der Waals surface area contributed by atoms with Crippen LogP contribution in [0.25, 0.3) is 0 Å². The van der Waals surface area contributed by atoms with Crippen LogP contribution < -0.4 is 20.7 Å². The zero-order valence-electron chi connectivity index (χ0n) is 18.1. The van der Waals surface area contributed by atoms with Crippen LogP contribution in [-0.4, -0.2) is 25.0 Å². The average Bonchev–Trinajstić information content (AvgIpc) is 3.37. The van der Waals surface area contributed by atoms with Crippen LogP contribution >= 0.6 is 11.3 Å². The zero-order valence-corrected chi connectivity index (χ0v) is 18.9. The standard InChI is InChI=1S/C25H27N3O3S/c1-2-31-20-13-7-6-12-19(20)27-24(30)23-18-11-8-14-21(18)32-25(23)28-22(29)16-26-15-17-9-4-3-5-10-17/h3-7,9-10,12-13,26H,2,8,11,14-16H2,1H3,(H,27,30)(H,28,29). The monoisotopic (exact) mass is 449 g/mol. The second kappa shape index (κ2) is 10.4. The molecule has 1 heterocycles. The highest BCUT2D eigenvalue weighted by molar-refractivity contribution is 7.17. The van der Waals surface area contributed by atoms with Gasteiger partial charge in [-0.15, -0.1) is 11.3 Å². The van der Waals surface area contributed by atoms with Gasteiger partial charge in [-0.25, -0.2) is 0 Å². The van der Waals surface area contributed by atoms with Gasteiger partial charge in [-0.3, -0.25) is 9.59 Å². The highest BCUT2D eigenvalue weighted by atomic mass is 32.1. The highest BCUT2D eigenvalue weighted by Crippen LogP contribution is 2.39. The summed E-state index contributed by atoms with van der Waals surface area (Å²) in [5, 5.41) is 9.71. The predicted octanol–water partition coefficient (Wildman–Crippen LogP) is 4.62. The SMILES string of the molecule is CCOc1ccccc1NC(=O)c1c(NC(=O)CNCc2ccccc2)sc2c1CCC2. The first-order valence-corrected chi connectivity index (χ1v) is 11.7. The number of thiophene rings is 1. The Hall–Kier alpha value is -3.16. The van der Waals surface area contributed by atoms with Crippen LogP contribution in [-0.2, 0) is 24.2 Å². The fourth-order valence-electron chi connectivity index (χ4n) is 3.86. The van der Waals surface area contributed by atoms with E-state index in [0.29, 0.717) is 35.2 Å². The van der Waals surface area contributed by atoms with E-state index >= 15 is 0 Å². The molecule has 3 N–H and O–H groups in total. The van der Waals surface area contributed by atoms with Gasteiger partial charge >= 0.3 is 0 Å². The number of para-hydroxylation sites is 2. The number of rotatable bonds is 9. The number of fused-ring (bicyclic) bond motifs is 1. The molecule has 2 amide bonds. The van der Waals surface area contributed by atoms with E-state index in [2.05, 4.69) is 16.0 Å². The molecule has 7 heteroatoms. The van der Waals surface area contributed by atoms with Gasteiger partial charge in [-0.2, -0.15) is 0 Å². The first kappa shape index (κ1) is 22.0. The Morgan fingerprint density at radius 3 is 2.59 bits per heavy atom. The van der Waals surface area contributed by atoms with Gasteiger partial charge in [0, 0.05) is 11.4 Å². The molecule has 6 nitrogen and oxygen atoms in total. The van der Waals surface area contributed by atoms with Crippen molar-refractivity contribution in [1.29, 1.82) is 0 Å². The number of hydrogen-bond acceptors (Lipinski definition) is 5. The van der Waals surface area contributed by atoms with E-state index in [9.17, 15) is 9.59 Å². The molecule has 0 atom stereocenters. The summed E-state index contributed by atoms with van der Waals surface area (Å²) in [6.07, 6.45) is 2.82. The molecule has 0 saturated carbocycles. The molecular formula is C25H27N3O3S. The molecule has 1 aliphatic rings. The van der Waals surface area contributed by atoms with E-state index < -0.39 is 0 Å². The van der Waals surface area contributed by atoms with Gasteiger partial charge in [-0.05, 0) is 49.4 Å². The number of amides is 2. The van der Waals surface area contributed by atoms with Gasteiger partial charge in [0.1, 0.15) is 10.8 Å². The largest absolute Gasteiger partial charge is 0.492 e. The quantitative estimate of drug-likeness (QED) is 0.446. The summed E-state index contributed by atoms with van der Waals surface area (Å²) >= 11 is 1.51. The molecule has 32 heavy (non-hydrogen) atoms. The summed E-state index contributed by atoms with van der Waals surface area (Å²) < 4.78 is 5.63. The fourth-order valence-corrected chi connectivity index (χ4v) is 5.16. The van der Waals surface area contributed by atoms with Crippen molar-refractivity contribution in [3.63, 3.8) is 0 Å². The van der Waals surface area contributed by atoms with Crippen LogP contribution in [0.4, 0.5) is 10.7 Å². The van der Waals surface area contributed by atoms with Crippen LogP contribution in [0, 0.1) is 0 Å². The molecule has 3 aromatic rings. The van der Waals surface area contributed by atoms with Gasteiger partial charge in [0.05, 0.1) is 24.4 Å². The van der Waals surface area contributed by atoms with E-state index in [1.807, 2.05) is 61.5 Å². The maximum Gasteiger partial charge on any atom is 0.259 e. The Kier molecular flexibility index (Phi) is 7.19. The highest BCUT2D eigenvalue weighted by Gasteiger charge is 2.28. The average molecular weight is 450 g/mol. The molecule has 1 aromatic heterocycles. The predicted molar refractivity (Wildman–Crippen MR) is 129 cm³/mol. The van der Waals surface area contributed by atoms with Crippen LogP contribution in [0.5, 0.6) is 5.75 Å². The van der Waals surface area contributed by atoms with Crippen molar-refractivity contribution in [2.75, 3.05) is 23.8 Å². The number of nitrogens with one attached hydrogen (secondary N) is 3. The number of benzene rings is 2. The van der Waals surface area contributed by atoms with Gasteiger partial charge in [0.25, 0.3) is 5.91 Å². The second-order valence-corrected chi connectivity index (χ2v) is 8.69. The van der Waals surface area contributed by atoms with Gasteiger partial charge in [0.15, 0.2) is 0 Å². The maximum atomic E-state index is 13.3. The molecule has 0 bridgehead atoms. The number of carbonyl (C=O) groups is 2. The lowest BCUT2D eigenvalue weighted by atomic mass is 10.1. The summed E-state index contributed by atoms with van der Waals surface area (Å²) in [4.78, 5) is 27.0. The van der Waals surface area contributed by atoms with Gasteiger partial charge < -0.3 is 20.7 Å². The number of carbonyl (C=O) groups excluding carboxylic acids is 2. The number of hydrogen-bond donors (Lipinski definition) is 3. The summed E-state index contributed by atoms with van der Waals surface area (Å²) in [5.74, 6) is 0.250. The molecule has 0 saturated heterocycles. The lowest BCUT2D eigenvalue weighted by molar-refractivity contribution is -0.115. The number of ether oxygens (including phenoxy) is 1. The molecule has 4 rings (SSSR count). The molecule has 0 unspecified atom stereocenters. The summed E-state index contributed by atoms with van der Waals surface area (Å²) in [6.45, 7) is 3.20. The van der Waals surface area contributed by atoms with E-state index in [1.54, 1.807) is 0 Å². The van der Waals surface area contributed by atoms with Crippen LogP contribution in [0.1, 0.15) is 39.7 Å². The molecule has 0 spiro atoms. The fraction of sp³-hybridized carbons (Fsp3) is 0.280. The first-order chi connectivity index (χ1) is 15.7. The minimum absolute atomic E-state index is 0.162. The molecule has 0 radical (unpaired) electrons. The Bertz CT molecular complexity index is 1100. The summed E-state index contributed by atoms with van der Waals surface area (Å²) in [7, 11) is 0. The third-order valence-corrected chi connectivity index (χ3v) is 6.50. The van der Waals surface area contributed by atoms with Gasteiger partial charge in [-0.1, -0.05) is 42.5 Å². The molecule has 2 aromatic carbocycles. The third kappa shape index (κ3) is 5.18. The van der Waals surface area contributed by atoms with E-state index in [0.717, 1.165) is 30.4 Å². The van der Waals surface area contributed by atoms with Crippen molar-refractivity contribution >= 4 is 33.8 Å². The first-order valence-electron chi connectivity index (χ1n) is 10.9. The van der Waals surface area contributed by atoms with Crippen molar-refractivity contribution in [1.82, 2.24) is 5.32 Å². The number of anilines is 2. The Labute approximate surface area is 192 Å². The Morgan fingerprint density at radius 2 is 1.78 bits per heavy atom. The van der Waals surface area contributed by atoms with Crippen molar-refractivity contribution in [2.24, 2.45) is 0 Å². The number of aryl methyl sites for hydroxylation is 1.